The van der Waals surface area contributed by atoms with E-state index in [2.05, 4.69) is 0 Å². The lowest BCUT2D eigenvalue weighted by Gasteiger charge is -2.32. The summed E-state index contributed by atoms with van der Waals surface area (Å²) in [5.74, 6) is -1.93. The third kappa shape index (κ3) is 8.28. The summed E-state index contributed by atoms with van der Waals surface area (Å²) in [7, 11) is -8.64. The van der Waals surface area contributed by atoms with Gasteiger partial charge in [0, 0.05) is 12.8 Å². The quantitative estimate of drug-likeness (QED) is 0.173. The Morgan fingerprint density at radius 2 is 0.844 bits per heavy atom. The highest BCUT2D eigenvalue weighted by molar-refractivity contribution is 7.94. The van der Waals surface area contributed by atoms with Crippen LogP contribution in [0.2, 0.25) is 0 Å². The number of carboxylic acid groups (broad SMARTS) is 2. The summed E-state index contributed by atoms with van der Waals surface area (Å²) < 4.78 is 58.8. The third-order valence-corrected chi connectivity index (χ3v) is 10.7. The lowest BCUT2D eigenvalue weighted by molar-refractivity contribution is -0.138. The molecule has 0 atom stereocenters. The Morgan fingerprint density at radius 3 is 1.13 bits per heavy atom. The van der Waals surface area contributed by atoms with Gasteiger partial charge in [0.25, 0.3) is 20.0 Å². The number of carboxylic acids is 2. The summed E-state index contributed by atoms with van der Waals surface area (Å²) in [4.78, 5) is 22.0. The number of anilines is 2. The van der Waals surface area contributed by atoms with Crippen molar-refractivity contribution < 1.29 is 36.6 Å². The second-order valence-electron chi connectivity index (χ2n) is 10.6. The van der Waals surface area contributed by atoms with E-state index in [0.717, 1.165) is 19.7 Å². The fraction of sp³-hybridized carbons (Fsp3) is 0.212. The van der Waals surface area contributed by atoms with Crippen LogP contribution in [-0.4, -0.2) is 45.7 Å². The number of sulfonamides is 2. The Bertz CT molecular complexity index is 1720. The normalized spacial score (nSPS) is 11.6. The maximum absolute atomic E-state index is 14.2. The van der Waals surface area contributed by atoms with Crippen molar-refractivity contribution in [2.24, 2.45) is 0 Å². The summed E-state index contributed by atoms with van der Waals surface area (Å²) in [6, 6.07) is 25.0. The predicted octanol–water partition coefficient (Wildman–Crippen LogP) is 5.39. The minimum atomic E-state index is -4.32. The molecule has 0 fully saturated rings. The number of benzene rings is 4. The van der Waals surface area contributed by atoms with Crippen LogP contribution in [-0.2, 0) is 42.5 Å². The Morgan fingerprint density at radius 1 is 0.533 bits per heavy atom. The zero-order valence-electron chi connectivity index (χ0n) is 24.8. The highest BCUT2D eigenvalue weighted by Gasteiger charge is 2.33. The molecule has 0 aliphatic heterocycles. The second kappa shape index (κ2) is 14.0. The van der Waals surface area contributed by atoms with Crippen molar-refractivity contribution in [3.8, 4) is 0 Å². The summed E-state index contributed by atoms with van der Waals surface area (Å²) in [6.07, 6.45) is 0.274. The average molecular weight is 651 g/mol. The van der Waals surface area contributed by atoms with Gasteiger partial charge in [-0.15, -0.1) is 0 Å². The maximum Gasteiger partial charge on any atom is 0.303 e. The van der Waals surface area contributed by atoms with Gasteiger partial charge in [-0.2, -0.15) is 0 Å². The van der Waals surface area contributed by atoms with Crippen molar-refractivity contribution in [2.75, 3.05) is 15.3 Å². The molecule has 0 aliphatic rings. The molecule has 236 valence electrons. The number of aliphatic carboxylic acids is 2. The lowest BCUT2D eigenvalue weighted by atomic mass is 10.1. The van der Waals surface area contributed by atoms with E-state index >= 15 is 0 Å². The average Bonchev–Trinajstić information content (AvgIpc) is 3.00. The third-order valence-electron chi connectivity index (χ3n) is 7.18. The molecule has 0 bridgehead atoms. The first-order valence-corrected chi connectivity index (χ1v) is 17.0. The number of rotatable bonds is 14. The summed E-state index contributed by atoms with van der Waals surface area (Å²) in [5.41, 5.74) is 3.39. The van der Waals surface area contributed by atoms with Crippen LogP contribution >= 0.6 is 0 Å². The van der Waals surface area contributed by atoms with Crippen LogP contribution in [0, 0.1) is 13.8 Å². The van der Waals surface area contributed by atoms with Crippen molar-refractivity contribution in [1.29, 1.82) is 0 Å². The van der Waals surface area contributed by atoms with Crippen LogP contribution in [0.3, 0.4) is 0 Å². The molecule has 0 aromatic heterocycles. The summed E-state index contributed by atoms with van der Waals surface area (Å²) >= 11 is 0. The second-order valence-corrected chi connectivity index (χ2v) is 14.3. The van der Waals surface area contributed by atoms with Gasteiger partial charge in [0.1, 0.15) is 6.67 Å². The Balaban J connectivity index is 1.84. The van der Waals surface area contributed by atoms with Gasteiger partial charge in [0.2, 0.25) is 0 Å². The molecule has 0 unspecified atom stereocenters. The first-order chi connectivity index (χ1) is 21.3. The van der Waals surface area contributed by atoms with Crippen LogP contribution in [0.1, 0.15) is 35.1 Å². The minimum Gasteiger partial charge on any atom is -0.481 e. The van der Waals surface area contributed by atoms with Crippen LogP contribution in [0.25, 0.3) is 0 Å². The number of carbonyl (C=O) groups is 2. The van der Waals surface area contributed by atoms with Gasteiger partial charge in [-0.25, -0.2) is 25.4 Å². The summed E-state index contributed by atoms with van der Waals surface area (Å²) in [6.45, 7) is 3.01. The summed E-state index contributed by atoms with van der Waals surface area (Å²) in [5, 5.41) is 18.1. The molecule has 2 N–H and O–H groups in total. The molecule has 4 aromatic rings. The zero-order chi connectivity index (χ0) is 32.8. The molecule has 10 nitrogen and oxygen atoms in total. The largest absolute Gasteiger partial charge is 0.481 e. The number of nitrogens with zero attached hydrogens (tertiary/aromatic N) is 2. The number of hydrogen-bond donors (Lipinski definition) is 2. The smallest absolute Gasteiger partial charge is 0.303 e. The monoisotopic (exact) mass is 650 g/mol. The van der Waals surface area contributed by atoms with Crippen LogP contribution < -0.4 is 8.61 Å². The van der Waals surface area contributed by atoms with Crippen molar-refractivity contribution >= 4 is 43.4 Å². The first kappa shape index (κ1) is 33.2. The van der Waals surface area contributed by atoms with Crippen molar-refractivity contribution in [3.63, 3.8) is 0 Å². The van der Waals surface area contributed by atoms with E-state index in [1.807, 2.05) is 13.8 Å². The molecule has 0 spiro atoms. The molecule has 0 radical (unpaired) electrons. The maximum atomic E-state index is 14.2. The molecule has 0 saturated carbocycles. The van der Waals surface area contributed by atoms with E-state index in [1.165, 1.54) is 48.5 Å². The molecule has 0 heterocycles. The van der Waals surface area contributed by atoms with Crippen LogP contribution in [0.4, 0.5) is 11.4 Å². The minimum absolute atomic E-state index is 0.0419. The molecular weight excluding hydrogens is 617 g/mol. The standard InChI is InChI=1S/C33H34N2O8S2/c1-24-3-17-30(18-4-24)44(40,41)34(28-13-7-26(8-14-28)11-21-32(36)37)23-35(45(42,43)31-19-5-25(2)6-20-31)29-15-9-27(10-16-29)12-22-33(38)39/h3-10,13-20H,11-12,21-23H2,1-2H3,(H,36,37)(H,38,39). The van der Waals surface area contributed by atoms with E-state index < -0.39 is 38.7 Å². The topological polar surface area (TPSA) is 149 Å². The van der Waals surface area contributed by atoms with Gasteiger partial charge in [-0.05, 0) is 86.3 Å². The molecule has 0 aliphatic carbocycles. The van der Waals surface area contributed by atoms with E-state index in [4.69, 9.17) is 10.2 Å². The number of aryl methyl sites for hydroxylation is 4. The van der Waals surface area contributed by atoms with Gasteiger partial charge in [0.15, 0.2) is 0 Å². The van der Waals surface area contributed by atoms with Gasteiger partial charge in [-0.1, -0.05) is 59.7 Å². The van der Waals surface area contributed by atoms with Crippen LogP contribution in [0.5, 0.6) is 0 Å². The molecule has 4 rings (SSSR count). The molecule has 45 heavy (non-hydrogen) atoms. The van der Waals surface area contributed by atoms with Gasteiger partial charge in [0.05, 0.1) is 21.2 Å². The van der Waals surface area contributed by atoms with Crippen molar-refractivity contribution in [3.05, 3.63) is 119 Å². The molecule has 4 aromatic carbocycles. The highest BCUT2D eigenvalue weighted by atomic mass is 32.2. The van der Waals surface area contributed by atoms with E-state index in [0.29, 0.717) is 11.1 Å². The van der Waals surface area contributed by atoms with Gasteiger partial charge < -0.3 is 10.2 Å². The molecular formula is C33H34N2O8S2. The van der Waals surface area contributed by atoms with Crippen molar-refractivity contribution in [1.82, 2.24) is 0 Å². The Hall–Kier alpha value is -4.68. The van der Waals surface area contributed by atoms with Gasteiger partial charge >= 0.3 is 11.9 Å². The van der Waals surface area contributed by atoms with E-state index in [9.17, 15) is 26.4 Å². The predicted molar refractivity (Wildman–Crippen MR) is 171 cm³/mol. The number of hydrogen-bond acceptors (Lipinski definition) is 6. The van der Waals surface area contributed by atoms with E-state index in [1.54, 1.807) is 48.5 Å². The molecule has 12 heteroatoms. The fourth-order valence-corrected chi connectivity index (χ4v) is 7.42. The first-order valence-electron chi connectivity index (χ1n) is 14.1. The lowest BCUT2D eigenvalue weighted by Crippen LogP contribution is -2.44. The molecule has 0 amide bonds. The molecule has 0 saturated heterocycles. The Labute approximate surface area is 263 Å². The van der Waals surface area contributed by atoms with Crippen molar-refractivity contribution in [2.45, 2.75) is 49.3 Å². The van der Waals surface area contributed by atoms with Gasteiger partial charge in [-0.3, -0.25) is 9.59 Å². The SMILES string of the molecule is Cc1ccc(S(=O)(=O)N(CN(c2ccc(CCC(=O)O)cc2)S(=O)(=O)c2ccc(C)cc2)c2ccc(CCC(=O)O)cc2)cc1. The van der Waals surface area contributed by atoms with Crippen LogP contribution in [0.15, 0.2) is 107 Å². The zero-order valence-corrected chi connectivity index (χ0v) is 26.5. The fourth-order valence-electron chi connectivity index (χ4n) is 4.54. The highest BCUT2D eigenvalue weighted by Crippen LogP contribution is 2.30. The Kier molecular flexibility index (Phi) is 10.3. The van der Waals surface area contributed by atoms with E-state index in [-0.39, 0.29) is 46.8 Å².